The van der Waals surface area contributed by atoms with Crippen molar-refractivity contribution in [2.75, 3.05) is 26.4 Å². The van der Waals surface area contributed by atoms with Crippen LogP contribution in [-0.2, 0) is 32.7 Å². The van der Waals surface area contributed by atoms with Crippen molar-refractivity contribution in [2.45, 2.75) is 251 Å². The fourth-order valence-electron chi connectivity index (χ4n) is 8.17. The minimum absolute atomic E-state index is 0.0439. The molecule has 0 aliphatic heterocycles. The van der Waals surface area contributed by atoms with Crippen LogP contribution in [0.1, 0.15) is 245 Å². The highest BCUT2D eigenvalue weighted by molar-refractivity contribution is 7.47. The van der Waals surface area contributed by atoms with Gasteiger partial charge in [-0.1, -0.05) is 262 Å². The summed E-state index contributed by atoms with van der Waals surface area (Å²) in [6.45, 7) is 3.49. The highest BCUT2D eigenvalue weighted by atomic mass is 31.2. The van der Waals surface area contributed by atoms with Crippen LogP contribution < -0.4 is 5.73 Å². The molecule has 0 saturated carbocycles. The average Bonchev–Trinajstić information content (AvgIpc) is 3.44. The Morgan fingerprint density at radius 2 is 0.658 bits per heavy atom. The number of allylic oxidation sites excluding steroid dienone is 24. The van der Waals surface area contributed by atoms with E-state index in [4.69, 9.17) is 24.3 Å². The molecule has 0 aromatic rings. The van der Waals surface area contributed by atoms with Crippen molar-refractivity contribution in [1.29, 1.82) is 0 Å². The maximum atomic E-state index is 12.7. The lowest BCUT2D eigenvalue weighted by Crippen LogP contribution is -2.29. The lowest BCUT2D eigenvalue weighted by molar-refractivity contribution is -0.161. The molecule has 0 aromatic carbocycles. The molecule has 2 atom stereocenters. The summed E-state index contributed by atoms with van der Waals surface area (Å²) < 4.78 is 33.1. The van der Waals surface area contributed by atoms with Crippen molar-refractivity contribution in [3.8, 4) is 0 Å². The summed E-state index contributed by atoms with van der Waals surface area (Å²) in [7, 11) is -4.40. The number of ether oxygens (including phenoxy) is 2. The fourth-order valence-corrected chi connectivity index (χ4v) is 8.94. The number of carbonyl (C=O) groups excluding carboxylic acids is 2. The lowest BCUT2D eigenvalue weighted by Gasteiger charge is -2.19. The highest BCUT2D eigenvalue weighted by Gasteiger charge is 2.26. The van der Waals surface area contributed by atoms with Gasteiger partial charge in [-0.05, 0) is 116 Å². The largest absolute Gasteiger partial charge is 0.472 e. The summed E-state index contributed by atoms with van der Waals surface area (Å²) in [6, 6.07) is 0. The zero-order chi connectivity index (χ0) is 57.3. The van der Waals surface area contributed by atoms with Crippen molar-refractivity contribution in [3.63, 3.8) is 0 Å². The maximum Gasteiger partial charge on any atom is 0.472 e. The van der Waals surface area contributed by atoms with Gasteiger partial charge in [0.05, 0.1) is 13.2 Å². The standard InChI is InChI=1S/C69H114NO8P/c1-3-5-7-9-11-13-15-17-19-21-23-25-26-27-28-29-30-31-32-33-34-35-36-37-38-39-40-42-44-46-48-50-52-54-56-58-60-62-69(72)78-67(66-77-79(73,74)76-64-63-70)65-75-68(71)61-59-57-55-53-51-49-47-45-43-41-24-22-20-18-16-14-12-10-8-6-4-2/h5-8,11-14,17-20,23-25,27-28,30-31,33-34,41,45,47,67H,3-4,9-10,15-16,21-22,26,29,32,35-40,42-44,46,48-66,70H2,1-2H3,(H,73,74)/b7-5-,8-6-,13-11-,14-12-,19-17-,20-18-,25-23-,28-27-,31-30-,34-33-,41-24-,47-45-. The van der Waals surface area contributed by atoms with Crippen molar-refractivity contribution < 1.29 is 37.6 Å². The second-order valence-electron chi connectivity index (χ2n) is 20.2. The summed E-state index contributed by atoms with van der Waals surface area (Å²) in [5.74, 6) is -0.855. The van der Waals surface area contributed by atoms with Gasteiger partial charge in [0.1, 0.15) is 6.61 Å². The second kappa shape index (κ2) is 63.1. The molecular formula is C69H114NO8P. The summed E-state index contributed by atoms with van der Waals surface area (Å²) >= 11 is 0. The van der Waals surface area contributed by atoms with Crippen LogP contribution in [0.15, 0.2) is 146 Å². The van der Waals surface area contributed by atoms with Crippen LogP contribution in [0.3, 0.4) is 0 Å². The van der Waals surface area contributed by atoms with Gasteiger partial charge in [-0.25, -0.2) is 4.57 Å². The molecule has 0 saturated heterocycles. The monoisotopic (exact) mass is 1120 g/mol. The number of hydrogen-bond acceptors (Lipinski definition) is 8. The SMILES string of the molecule is CC/C=C\C/C=C\C/C=C\C/C=C\C/C=C\C/C=C\C/C=C\CCCCCCCCCCCCCCCCCC(=O)OC(COC(=O)CCCCCCC/C=C\C/C=C\C/C=C\C/C=C\C/C=C\CC)COP(=O)(O)OCCN. The van der Waals surface area contributed by atoms with Crippen molar-refractivity contribution in [1.82, 2.24) is 0 Å². The van der Waals surface area contributed by atoms with E-state index in [9.17, 15) is 19.0 Å². The smallest absolute Gasteiger partial charge is 0.462 e. The molecule has 2 unspecified atom stereocenters. The lowest BCUT2D eigenvalue weighted by atomic mass is 10.0. The Labute approximate surface area is 484 Å². The predicted molar refractivity (Wildman–Crippen MR) is 339 cm³/mol. The fraction of sp³-hybridized carbons (Fsp3) is 0.623. The molecule has 0 radical (unpaired) electrons. The van der Waals surface area contributed by atoms with Crippen LogP contribution >= 0.6 is 7.82 Å². The first kappa shape index (κ1) is 74.9. The van der Waals surface area contributed by atoms with E-state index in [1.165, 1.54) is 77.0 Å². The van der Waals surface area contributed by atoms with E-state index in [0.717, 1.165) is 128 Å². The van der Waals surface area contributed by atoms with Gasteiger partial charge in [0.25, 0.3) is 0 Å². The number of hydrogen-bond donors (Lipinski definition) is 2. The maximum absolute atomic E-state index is 12.7. The zero-order valence-corrected chi connectivity index (χ0v) is 50.9. The quantitative estimate of drug-likeness (QED) is 0.0264. The van der Waals surface area contributed by atoms with Gasteiger partial charge in [0.2, 0.25) is 0 Å². The molecule has 3 N–H and O–H groups in total. The van der Waals surface area contributed by atoms with E-state index in [1.807, 2.05) is 0 Å². The second-order valence-corrected chi connectivity index (χ2v) is 21.6. The normalized spacial score (nSPS) is 14.0. The van der Waals surface area contributed by atoms with Crippen LogP contribution in [-0.4, -0.2) is 49.3 Å². The van der Waals surface area contributed by atoms with Crippen LogP contribution in [0.2, 0.25) is 0 Å². The third-order valence-electron chi connectivity index (χ3n) is 12.7. The van der Waals surface area contributed by atoms with Gasteiger partial charge in [0, 0.05) is 19.4 Å². The number of nitrogens with two attached hydrogens (primary N) is 1. The highest BCUT2D eigenvalue weighted by Crippen LogP contribution is 2.43. The van der Waals surface area contributed by atoms with Crippen LogP contribution in [0, 0.1) is 0 Å². The van der Waals surface area contributed by atoms with Crippen LogP contribution in [0.25, 0.3) is 0 Å². The molecular weight excluding hydrogens is 1000 g/mol. The Morgan fingerprint density at radius 3 is 0.975 bits per heavy atom. The van der Waals surface area contributed by atoms with Crippen LogP contribution in [0.4, 0.5) is 0 Å². The molecule has 0 rings (SSSR count). The third-order valence-corrected chi connectivity index (χ3v) is 13.7. The molecule has 9 nitrogen and oxygen atoms in total. The zero-order valence-electron chi connectivity index (χ0n) is 50.0. The van der Waals surface area contributed by atoms with Gasteiger partial charge < -0.3 is 20.1 Å². The number of esters is 2. The van der Waals surface area contributed by atoms with Gasteiger partial charge in [0.15, 0.2) is 6.10 Å². The molecule has 0 aliphatic carbocycles. The minimum atomic E-state index is -4.40. The van der Waals surface area contributed by atoms with E-state index in [-0.39, 0.29) is 32.6 Å². The first-order chi connectivity index (χ1) is 38.8. The van der Waals surface area contributed by atoms with E-state index in [1.54, 1.807) is 0 Å². The minimum Gasteiger partial charge on any atom is -0.462 e. The first-order valence-electron chi connectivity index (χ1n) is 31.3. The van der Waals surface area contributed by atoms with Gasteiger partial charge in [-0.3, -0.25) is 18.6 Å². The van der Waals surface area contributed by atoms with E-state index < -0.39 is 32.5 Å². The molecule has 0 heterocycles. The van der Waals surface area contributed by atoms with Gasteiger partial charge >= 0.3 is 19.8 Å². The molecule has 79 heavy (non-hydrogen) atoms. The predicted octanol–water partition coefficient (Wildman–Crippen LogP) is 20.3. The number of phosphoric ester groups is 1. The molecule has 0 aliphatic rings. The molecule has 0 bridgehead atoms. The molecule has 0 amide bonds. The number of carbonyl (C=O) groups is 2. The van der Waals surface area contributed by atoms with Gasteiger partial charge in [-0.15, -0.1) is 0 Å². The topological polar surface area (TPSA) is 134 Å². The van der Waals surface area contributed by atoms with Crippen molar-refractivity contribution in [3.05, 3.63) is 146 Å². The number of phosphoric acid groups is 1. The molecule has 0 spiro atoms. The Balaban J connectivity index is 3.96. The molecule has 0 aromatic heterocycles. The summed E-state index contributed by atoms with van der Waals surface area (Å²) in [4.78, 5) is 35.2. The molecule has 0 fully saturated rings. The van der Waals surface area contributed by atoms with E-state index in [2.05, 4.69) is 160 Å². The van der Waals surface area contributed by atoms with Crippen molar-refractivity contribution in [2.24, 2.45) is 5.73 Å². The van der Waals surface area contributed by atoms with Crippen LogP contribution in [0.5, 0.6) is 0 Å². The first-order valence-corrected chi connectivity index (χ1v) is 32.8. The number of rotatable bonds is 57. The third kappa shape index (κ3) is 62.9. The van der Waals surface area contributed by atoms with Gasteiger partial charge in [-0.2, -0.15) is 0 Å². The average molecular weight is 1120 g/mol. The number of unbranched alkanes of at least 4 members (excludes halogenated alkanes) is 20. The Hall–Kier alpha value is -4.11. The van der Waals surface area contributed by atoms with E-state index >= 15 is 0 Å². The Bertz CT molecular complexity index is 1800. The summed E-state index contributed by atoms with van der Waals surface area (Å²) in [6.07, 6.45) is 90.6. The summed E-state index contributed by atoms with van der Waals surface area (Å²) in [5.41, 5.74) is 5.39. The Morgan fingerprint density at radius 1 is 0.380 bits per heavy atom. The molecule has 448 valence electrons. The van der Waals surface area contributed by atoms with Crippen molar-refractivity contribution >= 4 is 19.8 Å². The Kier molecular flexibility index (Phi) is 59.8. The van der Waals surface area contributed by atoms with E-state index in [0.29, 0.717) is 12.8 Å². The molecule has 10 heteroatoms. The summed E-state index contributed by atoms with van der Waals surface area (Å²) in [5, 5.41) is 0.